The van der Waals surface area contributed by atoms with E-state index in [1.807, 2.05) is 6.92 Å². The molecule has 0 aliphatic carbocycles. The molecule has 0 aromatic rings. The average molecular weight is 237 g/mol. The van der Waals surface area contributed by atoms with Crippen LogP contribution in [0.15, 0.2) is 0 Å². The monoisotopic (exact) mass is 237 g/mol. The van der Waals surface area contributed by atoms with Crippen LogP contribution in [0.25, 0.3) is 0 Å². The van der Waals surface area contributed by atoms with Crippen LogP contribution >= 0.6 is 0 Å². The summed E-state index contributed by atoms with van der Waals surface area (Å²) < 4.78 is 0. The van der Waals surface area contributed by atoms with Gasteiger partial charge in [0.2, 0.25) is 0 Å². The van der Waals surface area contributed by atoms with E-state index in [1.165, 1.54) is 6.54 Å². The minimum atomic E-state index is 0.0548. The lowest BCUT2D eigenvalue weighted by molar-refractivity contribution is 0.125. The van der Waals surface area contributed by atoms with Gasteiger partial charge in [-0.1, -0.05) is 19.8 Å². The van der Waals surface area contributed by atoms with Gasteiger partial charge in [0.1, 0.15) is 0 Å². The Morgan fingerprint density at radius 3 is 2.35 bits per heavy atom. The molecule has 0 saturated carbocycles. The molecule has 3 N–H and O–H groups in total. The molecule has 1 saturated heterocycles. The summed E-state index contributed by atoms with van der Waals surface area (Å²) >= 11 is 0. The fourth-order valence-electron chi connectivity index (χ4n) is 2.59. The zero-order valence-corrected chi connectivity index (χ0v) is 11.5. The second-order valence-corrected chi connectivity index (χ2v) is 5.71. The molecule has 3 nitrogen and oxygen atoms in total. The molecule has 0 bridgehead atoms. The normalized spacial score (nSPS) is 22.4. The second kappa shape index (κ2) is 6.39. The molecule has 98 valence electrons. The molecule has 1 aliphatic rings. The van der Waals surface area contributed by atoms with Crippen LogP contribution in [0.3, 0.4) is 0 Å². The summed E-state index contributed by atoms with van der Waals surface area (Å²) in [6, 6.07) is 0.107. The van der Waals surface area contributed by atoms with E-state index in [0.717, 1.165) is 31.8 Å². The molecule has 0 aromatic carbocycles. The van der Waals surface area contributed by atoms with Crippen molar-refractivity contribution in [1.82, 2.24) is 10.2 Å². The van der Waals surface area contributed by atoms with Gasteiger partial charge >= 0.3 is 0 Å². The highest BCUT2D eigenvalue weighted by Crippen LogP contribution is 2.22. The first-order valence-corrected chi connectivity index (χ1v) is 6.67. The quantitative estimate of drug-likeness (QED) is 0.702. The number of nitrogens with one attached hydrogen (secondary N) is 1. The van der Waals surface area contributed by atoms with E-state index in [4.69, 9.17) is 12.2 Å². The van der Waals surface area contributed by atoms with Gasteiger partial charge in [-0.25, -0.2) is 0 Å². The van der Waals surface area contributed by atoms with Crippen LogP contribution < -0.4 is 11.1 Å². The molecular formula is C14H27N3. The van der Waals surface area contributed by atoms with Crippen molar-refractivity contribution in [2.24, 2.45) is 11.7 Å². The van der Waals surface area contributed by atoms with E-state index in [9.17, 15) is 0 Å². The molecule has 0 aromatic heterocycles. The summed E-state index contributed by atoms with van der Waals surface area (Å²) in [5, 5.41) is 3.52. The highest BCUT2D eigenvalue weighted by atomic mass is 15.2. The zero-order valence-electron chi connectivity index (χ0n) is 11.5. The molecule has 1 atom stereocenters. The summed E-state index contributed by atoms with van der Waals surface area (Å²) in [6.07, 6.45) is 7.63. The van der Waals surface area contributed by atoms with Crippen LogP contribution in [0.2, 0.25) is 0 Å². The molecule has 1 rings (SSSR count). The lowest BCUT2D eigenvalue weighted by Crippen LogP contribution is -2.59. The van der Waals surface area contributed by atoms with Gasteiger partial charge in [-0.3, -0.25) is 5.32 Å². The van der Waals surface area contributed by atoms with Crippen molar-refractivity contribution in [3.8, 4) is 12.3 Å². The number of nitrogens with zero attached hydrogens (tertiary/aromatic N) is 1. The van der Waals surface area contributed by atoms with Gasteiger partial charge in [0.15, 0.2) is 0 Å². The summed E-state index contributed by atoms with van der Waals surface area (Å²) in [4.78, 5) is 2.53. The Hall–Kier alpha value is -0.560. The lowest BCUT2D eigenvalue weighted by atomic mass is 9.86. The standard InChI is InChI=1S/C14H27N3/c1-5-13(4)16-14(11-15)6-8-17(9-7-14)10-12(2)3/h1,12-13,16H,6-11,15H2,2-4H3. The van der Waals surface area contributed by atoms with Crippen molar-refractivity contribution in [3.63, 3.8) is 0 Å². The van der Waals surface area contributed by atoms with Crippen molar-refractivity contribution in [2.45, 2.75) is 45.2 Å². The Kier molecular flexibility index (Phi) is 5.45. The maximum absolute atomic E-state index is 5.94. The Bertz CT molecular complexity index is 259. The highest BCUT2D eigenvalue weighted by Gasteiger charge is 2.33. The van der Waals surface area contributed by atoms with E-state index in [0.29, 0.717) is 6.54 Å². The van der Waals surface area contributed by atoms with E-state index in [2.05, 4.69) is 30.0 Å². The molecule has 3 heteroatoms. The molecule has 0 amide bonds. The third-order valence-corrected chi connectivity index (χ3v) is 3.60. The van der Waals surface area contributed by atoms with Gasteiger partial charge in [-0.05, 0) is 38.8 Å². The molecule has 17 heavy (non-hydrogen) atoms. The highest BCUT2D eigenvalue weighted by molar-refractivity contribution is 5.03. The number of terminal acetylenes is 1. The first-order chi connectivity index (χ1) is 8.01. The van der Waals surface area contributed by atoms with Crippen LogP contribution in [0.4, 0.5) is 0 Å². The molecule has 1 heterocycles. The molecule has 0 radical (unpaired) electrons. The van der Waals surface area contributed by atoms with Crippen LogP contribution in [0.1, 0.15) is 33.6 Å². The van der Waals surface area contributed by atoms with Crippen molar-refractivity contribution in [2.75, 3.05) is 26.2 Å². The van der Waals surface area contributed by atoms with Gasteiger partial charge in [-0.2, -0.15) is 0 Å². The fourth-order valence-corrected chi connectivity index (χ4v) is 2.59. The van der Waals surface area contributed by atoms with Crippen molar-refractivity contribution in [3.05, 3.63) is 0 Å². The van der Waals surface area contributed by atoms with Gasteiger partial charge < -0.3 is 10.6 Å². The summed E-state index contributed by atoms with van der Waals surface area (Å²) in [7, 11) is 0. The SMILES string of the molecule is C#CC(C)NC1(CN)CCN(CC(C)C)CC1. The largest absolute Gasteiger partial charge is 0.329 e. The third-order valence-electron chi connectivity index (χ3n) is 3.60. The topological polar surface area (TPSA) is 41.3 Å². The summed E-state index contributed by atoms with van der Waals surface area (Å²) in [6.45, 7) is 10.7. The molecule has 1 unspecified atom stereocenters. The molecule has 0 spiro atoms. The Balaban J connectivity index is 2.48. The number of piperidine rings is 1. The van der Waals surface area contributed by atoms with Crippen molar-refractivity contribution >= 4 is 0 Å². The van der Waals surface area contributed by atoms with Crippen LogP contribution in [0.5, 0.6) is 0 Å². The van der Waals surface area contributed by atoms with Crippen molar-refractivity contribution in [1.29, 1.82) is 0 Å². The third kappa shape index (κ3) is 4.31. The predicted octanol–water partition coefficient (Wildman–Crippen LogP) is 1.05. The smallest absolute Gasteiger partial charge is 0.0663 e. The molecule has 1 fully saturated rings. The first kappa shape index (κ1) is 14.5. The van der Waals surface area contributed by atoms with Crippen LogP contribution in [-0.4, -0.2) is 42.7 Å². The Morgan fingerprint density at radius 1 is 1.35 bits per heavy atom. The Labute approximate surface area is 106 Å². The number of likely N-dealkylation sites (tertiary alicyclic amines) is 1. The molecule has 1 aliphatic heterocycles. The van der Waals surface area contributed by atoms with Gasteiger partial charge in [-0.15, -0.1) is 6.42 Å². The fraction of sp³-hybridized carbons (Fsp3) is 0.857. The number of rotatable bonds is 5. The van der Waals surface area contributed by atoms with Crippen LogP contribution in [-0.2, 0) is 0 Å². The Morgan fingerprint density at radius 2 is 1.94 bits per heavy atom. The van der Waals surface area contributed by atoms with Gasteiger partial charge in [0.05, 0.1) is 6.04 Å². The summed E-state index contributed by atoms with van der Waals surface area (Å²) in [5.41, 5.74) is 5.99. The number of hydrogen-bond donors (Lipinski definition) is 2. The van der Waals surface area contributed by atoms with E-state index in [-0.39, 0.29) is 11.6 Å². The predicted molar refractivity (Wildman–Crippen MR) is 73.7 cm³/mol. The zero-order chi connectivity index (χ0) is 12.9. The number of nitrogens with two attached hydrogens (primary N) is 1. The molecular weight excluding hydrogens is 210 g/mol. The van der Waals surface area contributed by atoms with E-state index in [1.54, 1.807) is 0 Å². The number of hydrogen-bond acceptors (Lipinski definition) is 3. The minimum absolute atomic E-state index is 0.0548. The maximum atomic E-state index is 5.94. The lowest BCUT2D eigenvalue weighted by Gasteiger charge is -2.43. The maximum Gasteiger partial charge on any atom is 0.0663 e. The van der Waals surface area contributed by atoms with Crippen LogP contribution in [0, 0.1) is 18.3 Å². The average Bonchev–Trinajstić information content (AvgIpc) is 2.31. The van der Waals surface area contributed by atoms with E-state index >= 15 is 0 Å². The van der Waals surface area contributed by atoms with Gasteiger partial charge in [0, 0.05) is 18.6 Å². The van der Waals surface area contributed by atoms with Gasteiger partial charge in [0.25, 0.3) is 0 Å². The minimum Gasteiger partial charge on any atom is -0.329 e. The summed E-state index contributed by atoms with van der Waals surface area (Å²) in [5.74, 6) is 3.47. The van der Waals surface area contributed by atoms with E-state index < -0.39 is 0 Å². The second-order valence-electron chi connectivity index (χ2n) is 5.71. The first-order valence-electron chi connectivity index (χ1n) is 6.67. The van der Waals surface area contributed by atoms with Crippen molar-refractivity contribution < 1.29 is 0 Å².